The summed E-state index contributed by atoms with van der Waals surface area (Å²) < 4.78 is 36.1. The number of alkyl halides is 3. The minimum atomic E-state index is -5.08. The van der Waals surface area contributed by atoms with Crippen LogP contribution in [0.25, 0.3) is 11.3 Å². The highest BCUT2D eigenvalue weighted by Gasteiger charge is 2.39. The van der Waals surface area contributed by atoms with Crippen molar-refractivity contribution >= 4 is 5.97 Å². The van der Waals surface area contributed by atoms with Gasteiger partial charge in [0.05, 0.1) is 18.1 Å². The van der Waals surface area contributed by atoms with Crippen LogP contribution in [0.2, 0.25) is 0 Å². The predicted molar refractivity (Wildman–Crippen MR) is 111 cm³/mol. The van der Waals surface area contributed by atoms with Crippen LogP contribution in [0.5, 0.6) is 0 Å². The molecule has 1 saturated heterocycles. The van der Waals surface area contributed by atoms with Gasteiger partial charge in [0.2, 0.25) is 0 Å². The molecule has 2 atom stereocenters. The number of carboxylic acid groups (broad SMARTS) is 1. The molecule has 0 bridgehead atoms. The Morgan fingerprint density at radius 2 is 1.81 bits per heavy atom. The first kappa shape index (κ1) is 22.1. The van der Waals surface area contributed by atoms with Crippen molar-refractivity contribution in [2.75, 3.05) is 13.1 Å². The molecule has 0 radical (unpaired) electrons. The maximum atomic E-state index is 10.6. The van der Waals surface area contributed by atoms with Crippen LogP contribution in [0.4, 0.5) is 13.2 Å². The average molecular weight is 447 g/mol. The highest BCUT2D eigenvalue weighted by atomic mass is 19.4. The summed E-state index contributed by atoms with van der Waals surface area (Å²) in [6.45, 7) is 4.45. The molecule has 2 aliphatic rings. The van der Waals surface area contributed by atoms with Crippen LogP contribution in [-0.4, -0.2) is 54.6 Å². The molecule has 4 heterocycles. The van der Waals surface area contributed by atoms with E-state index in [-0.39, 0.29) is 0 Å². The number of imidazole rings is 1. The summed E-state index contributed by atoms with van der Waals surface area (Å²) in [6.07, 6.45) is 2.18. The molecule has 10 heteroatoms. The predicted octanol–water partition coefficient (Wildman–Crippen LogP) is 3.22. The van der Waals surface area contributed by atoms with Crippen LogP contribution in [0.3, 0.4) is 0 Å². The van der Waals surface area contributed by atoms with Crippen molar-refractivity contribution in [3.8, 4) is 11.3 Å². The van der Waals surface area contributed by atoms with Gasteiger partial charge in [-0.05, 0) is 17.4 Å². The van der Waals surface area contributed by atoms with E-state index in [1.807, 2.05) is 17.9 Å². The highest BCUT2D eigenvalue weighted by Crippen LogP contribution is 2.35. The fourth-order valence-electron chi connectivity index (χ4n) is 4.50. The SMILES string of the molecule is Cn1cc(CN2CC3Cc4ncc(-c5ccccc5)n4CC3C2)cn1.O=C(O)C(F)(F)F. The minimum Gasteiger partial charge on any atom is -0.475 e. The van der Waals surface area contributed by atoms with Crippen molar-refractivity contribution in [3.63, 3.8) is 0 Å². The zero-order valence-electron chi connectivity index (χ0n) is 17.5. The van der Waals surface area contributed by atoms with Crippen LogP contribution in [-0.2, 0) is 31.4 Å². The third-order valence-electron chi connectivity index (χ3n) is 5.93. The lowest BCUT2D eigenvalue weighted by Crippen LogP contribution is -2.28. The van der Waals surface area contributed by atoms with E-state index in [4.69, 9.17) is 14.9 Å². The van der Waals surface area contributed by atoms with E-state index < -0.39 is 12.1 Å². The standard InChI is InChI=1S/C20H23N5.C2HF3O2/c1-23-10-15(8-22-23)11-24-12-17-7-20-21-9-19(16-5-3-2-4-6-16)25(20)14-18(17)13-24;3-2(4,5)1(6)7/h2-6,8-10,17-18H,7,11-14H2,1H3;(H,6,7). The summed E-state index contributed by atoms with van der Waals surface area (Å²) in [5.74, 6) is -0.0492. The Bertz CT molecular complexity index is 1080. The van der Waals surface area contributed by atoms with E-state index in [0.29, 0.717) is 0 Å². The maximum Gasteiger partial charge on any atom is 0.490 e. The Hall–Kier alpha value is -3.14. The van der Waals surface area contributed by atoms with E-state index in [9.17, 15) is 13.2 Å². The summed E-state index contributed by atoms with van der Waals surface area (Å²) in [5.41, 5.74) is 3.84. The molecule has 7 nitrogen and oxygen atoms in total. The van der Waals surface area contributed by atoms with Gasteiger partial charge in [0.25, 0.3) is 0 Å². The quantitative estimate of drug-likeness (QED) is 0.667. The lowest BCUT2D eigenvalue weighted by atomic mass is 9.89. The monoisotopic (exact) mass is 447 g/mol. The lowest BCUT2D eigenvalue weighted by molar-refractivity contribution is -0.192. The van der Waals surface area contributed by atoms with Crippen LogP contribution in [0, 0.1) is 11.8 Å². The van der Waals surface area contributed by atoms with E-state index in [1.165, 1.54) is 35.7 Å². The third-order valence-corrected chi connectivity index (χ3v) is 5.93. The van der Waals surface area contributed by atoms with Gasteiger partial charge >= 0.3 is 12.1 Å². The topological polar surface area (TPSA) is 76.2 Å². The number of rotatable bonds is 3. The lowest BCUT2D eigenvalue weighted by Gasteiger charge is -2.27. The fourth-order valence-corrected chi connectivity index (χ4v) is 4.50. The molecule has 0 saturated carbocycles. The molecule has 170 valence electrons. The molecule has 5 rings (SSSR count). The second-order valence-corrected chi connectivity index (χ2v) is 8.28. The Kier molecular flexibility index (Phi) is 6.05. The molecule has 32 heavy (non-hydrogen) atoms. The molecule has 1 N–H and O–H groups in total. The summed E-state index contributed by atoms with van der Waals surface area (Å²) in [4.78, 5) is 16.2. The van der Waals surface area contributed by atoms with E-state index in [1.54, 1.807) is 0 Å². The number of carbonyl (C=O) groups is 1. The molecular formula is C22H24F3N5O2. The van der Waals surface area contributed by atoms with Crippen molar-refractivity contribution in [2.45, 2.75) is 25.7 Å². The summed E-state index contributed by atoms with van der Waals surface area (Å²) >= 11 is 0. The number of hydrogen-bond acceptors (Lipinski definition) is 4. The van der Waals surface area contributed by atoms with Crippen molar-refractivity contribution in [3.05, 3.63) is 60.3 Å². The van der Waals surface area contributed by atoms with Crippen molar-refractivity contribution < 1.29 is 23.1 Å². The largest absolute Gasteiger partial charge is 0.490 e. The molecule has 3 aromatic rings. The highest BCUT2D eigenvalue weighted by molar-refractivity contribution is 5.73. The molecule has 1 fully saturated rings. The van der Waals surface area contributed by atoms with Gasteiger partial charge in [0.1, 0.15) is 5.82 Å². The molecule has 0 amide bonds. The average Bonchev–Trinajstić information content (AvgIpc) is 3.44. The maximum absolute atomic E-state index is 10.6. The summed E-state index contributed by atoms with van der Waals surface area (Å²) in [6, 6.07) is 10.6. The number of fused-ring (bicyclic) bond motifs is 2. The minimum absolute atomic E-state index is 0.723. The summed E-state index contributed by atoms with van der Waals surface area (Å²) in [7, 11) is 1.98. The molecule has 0 spiro atoms. The Balaban J connectivity index is 0.000000307. The smallest absolute Gasteiger partial charge is 0.475 e. The van der Waals surface area contributed by atoms with Crippen LogP contribution >= 0.6 is 0 Å². The number of aromatic nitrogens is 4. The third kappa shape index (κ3) is 4.85. The van der Waals surface area contributed by atoms with Crippen molar-refractivity contribution in [1.82, 2.24) is 24.2 Å². The van der Waals surface area contributed by atoms with Crippen molar-refractivity contribution in [1.29, 1.82) is 0 Å². The van der Waals surface area contributed by atoms with Crippen molar-refractivity contribution in [2.24, 2.45) is 18.9 Å². The molecule has 0 aliphatic carbocycles. The van der Waals surface area contributed by atoms with Gasteiger partial charge in [-0.15, -0.1) is 0 Å². The molecule has 2 aromatic heterocycles. The van der Waals surface area contributed by atoms with E-state index in [2.05, 4.69) is 57.3 Å². The Labute approximate surface area is 183 Å². The first-order chi connectivity index (χ1) is 15.2. The zero-order chi connectivity index (χ0) is 22.9. The number of aliphatic carboxylic acids is 1. The van der Waals surface area contributed by atoms with Crippen LogP contribution in [0.15, 0.2) is 48.9 Å². The Morgan fingerprint density at radius 3 is 2.44 bits per heavy atom. The van der Waals surface area contributed by atoms with Gasteiger partial charge in [0.15, 0.2) is 0 Å². The molecule has 2 aliphatic heterocycles. The number of hydrogen-bond donors (Lipinski definition) is 1. The number of aryl methyl sites for hydroxylation is 1. The van der Waals surface area contributed by atoms with Gasteiger partial charge in [-0.2, -0.15) is 18.3 Å². The van der Waals surface area contributed by atoms with E-state index >= 15 is 0 Å². The normalized spacial score (nSPS) is 20.2. The van der Waals surface area contributed by atoms with Crippen LogP contribution < -0.4 is 0 Å². The van der Waals surface area contributed by atoms with Gasteiger partial charge in [-0.3, -0.25) is 9.58 Å². The van der Waals surface area contributed by atoms with E-state index in [0.717, 1.165) is 31.3 Å². The van der Waals surface area contributed by atoms with Crippen LogP contribution in [0.1, 0.15) is 11.4 Å². The fraction of sp³-hybridized carbons (Fsp3) is 0.409. The van der Waals surface area contributed by atoms with Gasteiger partial charge < -0.3 is 9.67 Å². The number of benzene rings is 1. The second kappa shape index (κ2) is 8.78. The summed E-state index contributed by atoms with van der Waals surface area (Å²) in [5, 5.41) is 11.4. The first-order valence-corrected chi connectivity index (χ1v) is 10.3. The molecule has 2 unspecified atom stereocenters. The zero-order valence-corrected chi connectivity index (χ0v) is 17.5. The Morgan fingerprint density at radius 1 is 1.12 bits per heavy atom. The second-order valence-electron chi connectivity index (χ2n) is 8.28. The number of carboxylic acids is 1. The number of nitrogens with zero attached hydrogens (tertiary/aromatic N) is 5. The van der Waals surface area contributed by atoms with Gasteiger partial charge in [-0.1, -0.05) is 30.3 Å². The van der Waals surface area contributed by atoms with Gasteiger partial charge in [-0.25, -0.2) is 9.78 Å². The first-order valence-electron chi connectivity index (χ1n) is 10.3. The van der Waals surface area contributed by atoms with Gasteiger partial charge in [0, 0.05) is 51.4 Å². The number of likely N-dealkylation sites (tertiary alicyclic amines) is 1. The molecular weight excluding hydrogens is 423 g/mol. The number of halogens is 3. The molecule has 1 aromatic carbocycles.